The highest BCUT2D eigenvalue weighted by molar-refractivity contribution is 6.02. The minimum Gasteiger partial charge on any atom is -0.310 e. The van der Waals surface area contributed by atoms with Crippen LogP contribution in [-0.2, 0) is 5.41 Å². The third-order valence-electron chi connectivity index (χ3n) is 10.5. The molecule has 242 valence electrons. The molecule has 7 aromatic carbocycles. The maximum Gasteiger partial charge on any atom is 0.0709 e. The molecule has 2 heterocycles. The van der Waals surface area contributed by atoms with Crippen LogP contribution in [-0.4, -0.2) is 0 Å². The van der Waals surface area contributed by atoms with Crippen LogP contribution in [0.15, 0.2) is 164 Å². The van der Waals surface area contributed by atoms with E-state index in [0.29, 0.717) is 0 Å². The lowest BCUT2D eigenvalue weighted by Gasteiger charge is -2.42. The molecule has 3 nitrogen and oxygen atoms in total. The van der Waals surface area contributed by atoms with Crippen molar-refractivity contribution >= 4 is 51.2 Å². The van der Waals surface area contributed by atoms with Crippen LogP contribution in [0.25, 0.3) is 11.1 Å². The second-order valence-electron chi connectivity index (χ2n) is 14.1. The van der Waals surface area contributed by atoms with Gasteiger partial charge in [-0.05, 0) is 109 Å². The van der Waals surface area contributed by atoms with Crippen molar-refractivity contribution in [2.24, 2.45) is 0 Å². The molecular formula is C47H39N3. The van der Waals surface area contributed by atoms with Gasteiger partial charge in [-0.15, -0.1) is 0 Å². The first-order valence-corrected chi connectivity index (χ1v) is 17.4. The number of para-hydroxylation sites is 4. The van der Waals surface area contributed by atoms with Crippen molar-refractivity contribution in [2.75, 3.05) is 14.7 Å². The first-order chi connectivity index (χ1) is 24.4. The zero-order valence-corrected chi connectivity index (χ0v) is 28.9. The van der Waals surface area contributed by atoms with Crippen LogP contribution in [0.3, 0.4) is 0 Å². The first-order valence-electron chi connectivity index (χ1n) is 17.4. The SMILES string of the molecule is Cc1ccc(N2c3ccccc3N(c3ccccc3)c3ccc(-c4ccc5c(c4)N(c4ccc(C)cc4)c4ccccc4C5(C)C)cc32)cc1. The smallest absolute Gasteiger partial charge is 0.0709 e. The number of aryl methyl sites for hydroxylation is 2. The van der Waals surface area contributed by atoms with E-state index in [9.17, 15) is 0 Å². The molecule has 0 saturated carbocycles. The number of hydrogen-bond acceptors (Lipinski definition) is 3. The summed E-state index contributed by atoms with van der Waals surface area (Å²) in [5, 5.41) is 0. The summed E-state index contributed by atoms with van der Waals surface area (Å²) in [5.41, 5.74) is 17.9. The number of benzene rings is 7. The minimum absolute atomic E-state index is 0.149. The molecular weight excluding hydrogens is 607 g/mol. The van der Waals surface area contributed by atoms with E-state index in [1.54, 1.807) is 0 Å². The Morgan fingerprint density at radius 1 is 0.340 bits per heavy atom. The normalized spacial score (nSPS) is 14.0. The monoisotopic (exact) mass is 645 g/mol. The van der Waals surface area contributed by atoms with Gasteiger partial charge in [0.05, 0.1) is 34.1 Å². The Hall–Kier alpha value is -6.06. The molecule has 2 aliphatic heterocycles. The summed E-state index contributed by atoms with van der Waals surface area (Å²) < 4.78 is 0. The van der Waals surface area contributed by atoms with Gasteiger partial charge in [0.2, 0.25) is 0 Å². The summed E-state index contributed by atoms with van der Waals surface area (Å²) in [6.45, 7) is 9.00. The third-order valence-corrected chi connectivity index (χ3v) is 10.5. The Kier molecular flexibility index (Phi) is 6.92. The molecule has 3 heteroatoms. The maximum absolute atomic E-state index is 2.45. The van der Waals surface area contributed by atoms with E-state index < -0.39 is 0 Å². The number of fused-ring (bicyclic) bond motifs is 4. The largest absolute Gasteiger partial charge is 0.310 e. The van der Waals surface area contributed by atoms with Gasteiger partial charge in [-0.3, -0.25) is 0 Å². The van der Waals surface area contributed by atoms with E-state index in [0.717, 1.165) is 34.1 Å². The molecule has 0 fully saturated rings. The molecule has 2 aliphatic rings. The summed E-state index contributed by atoms with van der Waals surface area (Å²) in [4.78, 5) is 7.26. The fourth-order valence-electron chi connectivity index (χ4n) is 7.87. The Balaban J connectivity index is 1.25. The molecule has 0 N–H and O–H groups in total. The Bertz CT molecular complexity index is 2370. The molecule has 0 radical (unpaired) electrons. The van der Waals surface area contributed by atoms with Crippen LogP contribution in [0, 0.1) is 13.8 Å². The van der Waals surface area contributed by atoms with Gasteiger partial charge in [-0.25, -0.2) is 0 Å². The average Bonchev–Trinajstić information content (AvgIpc) is 3.15. The highest BCUT2D eigenvalue weighted by Gasteiger charge is 2.37. The molecule has 9 rings (SSSR count). The van der Waals surface area contributed by atoms with Crippen molar-refractivity contribution in [3.8, 4) is 11.1 Å². The quantitative estimate of drug-likeness (QED) is 0.189. The molecule has 7 aromatic rings. The Labute approximate surface area is 295 Å². The van der Waals surface area contributed by atoms with Crippen LogP contribution in [0.1, 0.15) is 36.1 Å². The van der Waals surface area contributed by atoms with Gasteiger partial charge in [0, 0.05) is 22.5 Å². The van der Waals surface area contributed by atoms with Crippen LogP contribution in [0.5, 0.6) is 0 Å². The molecule has 0 bridgehead atoms. The van der Waals surface area contributed by atoms with Crippen LogP contribution in [0.2, 0.25) is 0 Å². The first kappa shape index (κ1) is 30.0. The van der Waals surface area contributed by atoms with Crippen molar-refractivity contribution in [2.45, 2.75) is 33.1 Å². The number of anilines is 9. The summed E-state index contributed by atoms with van der Waals surface area (Å²) in [6, 6.07) is 60.1. The predicted octanol–water partition coefficient (Wildman–Crippen LogP) is 13.3. The van der Waals surface area contributed by atoms with E-state index in [-0.39, 0.29) is 5.41 Å². The van der Waals surface area contributed by atoms with E-state index in [2.05, 4.69) is 206 Å². The Morgan fingerprint density at radius 3 is 1.38 bits per heavy atom. The molecule has 0 spiro atoms. The van der Waals surface area contributed by atoms with Crippen molar-refractivity contribution < 1.29 is 0 Å². The van der Waals surface area contributed by atoms with Gasteiger partial charge < -0.3 is 14.7 Å². The van der Waals surface area contributed by atoms with E-state index in [1.165, 1.54) is 50.4 Å². The topological polar surface area (TPSA) is 9.72 Å². The van der Waals surface area contributed by atoms with Crippen LogP contribution >= 0.6 is 0 Å². The highest BCUT2D eigenvalue weighted by Crippen LogP contribution is 2.56. The van der Waals surface area contributed by atoms with E-state index >= 15 is 0 Å². The van der Waals surface area contributed by atoms with Crippen LogP contribution in [0.4, 0.5) is 51.2 Å². The standard InChI is InChI=1S/C47H39N3/c1-32-18-24-37(25-19-32)48-41-15-9-8-14-39(41)47(3,4)40-28-22-34(30-45(40)48)35-23-29-44-46(31-35)50(38-26-20-33(2)21-27-38)43-17-11-10-16-42(43)49(44)36-12-6-5-7-13-36/h5-31H,1-4H3. The fraction of sp³-hybridized carbons (Fsp3) is 0.106. The van der Waals surface area contributed by atoms with E-state index in [1.807, 2.05) is 0 Å². The zero-order chi connectivity index (χ0) is 34.0. The third kappa shape index (κ3) is 4.73. The maximum atomic E-state index is 2.45. The van der Waals surface area contributed by atoms with Crippen LogP contribution < -0.4 is 14.7 Å². The van der Waals surface area contributed by atoms with E-state index in [4.69, 9.17) is 0 Å². The molecule has 0 aromatic heterocycles. The minimum atomic E-state index is -0.149. The number of nitrogens with zero attached hydrogens (tertiary/aromatic N) is 3. The lowest BCUT2D eigenvalue weighted by molar-refractivity contribution is 0.632. The fourth-order valence-corrected chi connectivity index (χ4v) is 7.87. The number of hydrogen-bond donors (Lipinski definition) is 0. The van der Waals surface area contributed by atoms with Gasteiger partial charge in [0.1, 0.15) is 0 Å². The molecule has 0 unspecified atom stereocenters. The molecule has 0 atom stereocenters. The predicted molar refractivity (Wildman–Crippen MR) is 211 cm³/mol. The molecule has 0 aliphatic carbocycles. The van der Waals surface area contributed by atoms with Gasteiger partial charge in [0.15, 0.2) is 0 Å². The van der Waals surface area contributed by atoms with Crippen molar-refractivity contribution in [3.05, 3.63) is 186 Å². The number of rotatable bonds is 4. The highest BCUT2D eigenvalue weighted by atomic mass is 15.3. The molecule has 0 amide bonds. The van der Waals surface area contributed by atoms with Gasteiger partial charge in [0.25, 0.3) is 0 Å². The molecule has 0 saturated heterocycles. The second kappa shape index (κ2) is 11.5. The van der Waals surface area contributed by atoms with Gasteiger partial charge in [-0.2, -0.15) is 0 Å². The summed E-state index contributed by atoms with van der Waals surface area (Å²) >= 11 is 0. The lowest BCUT2D eigenvalue weighted by atomic mass is 9.73. The lowest BCUT2D eigenvalue weighted by Crippen LogP contribution is -2.30. The summed E-state index contributed by atoms with van der Waals surface area (Å²) in [6.07, 6.45) is 0. The summed E-state index contributed by atoms with van der Waals surface area (Å²) in [5.74, 6) is 0. The Morgan fingerprint density at radius 2 is 0.760 bits per heavy atom. The van der Waals surface area contributed by atoms with Crippen molar-refractivity contribution in [3.63, 3.8) is 0 Å². The average molecular weight is 646 g/mol. The van der Waals surface area contributed by atoms with Gasteiger partial charge >= 0.3 is 0 Å². The summed E-state index contributed by atoms with van der Waals surface area (Å²) in [7, 11) is 0. The van der Waals surface area contributed by atoms with Crippen molar-refractivity contribution in [1.29, 1.82) is 0 Å². The van der Waals surface area contributed by atoms with Crippen molar-refractivity contribution in [1.82, 2.24) is 0 Å². The zero-order valence-electron chi connectivity index (χ0n) is 28.9. The van der Waals surface area contributed by atoms with Gasteiger partial charge in [-0.1, -0.05) is 116 Å². The second-order valence-corrected chi connectivity index (χ2v) is 14.1. The molecule has 50 heavy (non-hydrogen) atoms.